The molecule has 0 aromatic heterocycles. The summed E-state index contributed by atoms with van der Waals surface area (Å²) in [6, 6.07) is 7.13. The Hall–Kier alpha value is -1.20. The zero-order valence-corrected chi connectivity index (χ0v) is 9.88. The Morgan fingerprint density at radius 1 is 1.33 bits per heavy atom. The largest absolute Gasteiger partial charge is 0.490 e. The molecule has 80 valence electrons. The fourth-order valence-corrected chi connectivity index (χ4v) is 1.22. The van der Waals surface area contributed by atoms with Crippen LogP contribution in [0.4, 0.5) is 0 Å². The molecule has 15 heavy (non-hydrogen) atoms. The van der Waals surface area contributed by atoms with Crippen molar-refractivity contribution in [3.05, 3.63) is 28.8 Å². The van der Waals surface area contributed by atoms with Crippen LogP contribution in [-0.4, -0.2) is 6.10 Å². The molecule has 1 rings (SSSR count). The van der Waals surface area contributed by atoms with Crippen molar-refractivity contribution in [3.63, 3.8) is 0 Å². The Labute approximate surface area is 95.4 Å². The summed E-state index contributed by atoms with van der Waals surface area (Å²) < 4.78 is 5.66. The highest BCUT2D eigenvalue weighted by Gasteiger charge is 2.09. The van der Waals surface area contributed by atoms with Gasteiger partial charge in [0.25, 0.3) is 0 Å². The highest BCUT2D eigenvalue weighted by molar-refractivity contribution is 6.31. The van der Waals surface area contributed by atoms with Crippen LogP contribution in [0.15, 0.2) is 18.2 Å². The Morgan fingerprint density at radius 2 is 2.00 bits per heavy atom. The Morgan fingerprint density at radius 3 is 2.47 bits per heavy atom. The first-order valence-corrected chi connectivity index (χ1v) is 5.28. The smallest absolute Gasteiger partial charge is 0.121 e. The lowest BCUT2D eigenvalue weighted by Crippen LogP contribution is -2.18. The van der Waals surface area contributed by atoms with E-state index < -0.39 is 0 Å². The van der Waals surface area contributed by atoms with Crippen molar-refractivity contribution in [2.24, 2.45) is 5.92 Å². The third-order valence-corrected chi connectivity index (χ3v) is 2.63. The van der Waals surface area contributed by atoms with Gasteiger partial charge in [0.15, 0.2) is 0 Å². The quantitative estimate of drug-likeness (QED) is 0.784. The number of nitrogens with zero attached hydrogens (tertiary/aromatic N) is 1. The lowest BCUT2D eigenvalue weighted by atomic mass is 10.1. The van der Waals surface area contributed by atoms with Gasteiger partial charge < -0.3 is 4.74 Å². The van der Waals surface area contributed by atoms with E-state index in [0.29, 0.717) is 22.3 Å². The van der Waals surface area contributed by atoms with Crippen molar-refractivity contribution < 1.29 is 4.74 Å². The van der Waals surface area contributed by atoms with E-state index in [9.17, 15) is 0 Å². The zero-order chi connectivity index (χ0) is 11.4. The predicted octanol–water partition coefficient (Wildman–Crippen LogP) is 3.63. The number of ether oxygens (including phenoxy) is 1. The van der Waals surface area contributed by atoms with Gasteiger partial charge in [-0.05, 0) is 25.0 Å². The molecule has 0 fully saturated rings. The molecule has 0 N–H and O–H groups in total. The minimum Gasteiger partial charge on any atom is -0.490 e. The molecular formula is C12H14ClNO. The second-order valence-corrected chi connectivity index (χ2v) is 4.23. The maximum absolute atomic E-state index is 8.70. The second kappa shape index (κ2) is 5.04. The van der Waals surface area contributed by atoms with Crippen LogP contribution >= 0.6 is 11.6 Å². The lowest BCUT2D eigenvalue weighted by molar-refractivity contribution is 0.170. The summed E-state index contributed by atoms with van der Waals surface area (Å²) >= 11 is 5.89. The van der Waals surface area contributed by atoms with Crippen molar-refractivity contribution in [3.8, 4) is 11.8 Å². The molecule has 0 radical (unpaired) electrons. The molecule has 0 saturated carbocycles. The summed E-state index contributed by atoms with van der Waals surface area (Å²) in [7, 11) is 0. The van der Waals surface area contributed by atoms with Crippen molar-refractivity contribution in [2.75, 3.05) is 0 Å². The van der Waals surface area contributed by atoms with Crippen molar-refractivity contribution >= 4 is 11.6 Å². The minimum atomic E-state index is 0.133. The third kappa shape index (κ3) is 3.14. The molecule has 1 aromatic rings. The Balaban J connectivity index is 2.81. The van der Waals surface area contributed by atoms with Crippen LogP contribution in [0.25, 0.3) is 0 Å². The standard InChI is InChI=1S/C12H14ClNO/c1-8(2)9(3)15-11-5-4-10(7-14)12(13)6-11/h4-6,8-9H,1-3H3. The molecule has 0 spiro atoms. The van der Waals surface area contributed by atoms with Gasteiger partial charge >= 0.3 is 0 Å². The average Bonchev–Trinajstić information content (AvgIpc) is 2.18. The first kappa shape index (κ1) is 11.9. The molecule has 0 saturated heterocycles. The van der Waals surface area contributed by atoms with Gasteiger partial charge in [-0.3, -0.25) is 0 Å². The van der Waals surface area contributed by atoms with E-state index in [1.54, 1.807) is 18.2 Å². The summed E-state index contributed by atoms with van der Waals surface area (Å²) in [5, 5.41) is 9.14. The van der Waals surface area contributed by atoms with Gasteiger partial charge in [-0.25, -0.2) is 0 Å². The molecule has 0 amide bonds. The molecule has 0 heterocycles. The van der Waals surface area contributed by atoms with Gasteiger partial charge in [0, 0.05) is 6.07 Å². The van der Waals surface area contributed by atoms with Crippen molar-refractivity contribution in [1.82, 2.24) is 0 Å². The van der Waals surface area contributed by atoms with Gasteiger partial charge in [0.2, 0.25) is 0 Å². The minimum absolute atomic E-state index is 0.133. The van der Waals surface area contributed by atoms with Crippen LogP contribution < -0.4 is 4.74 Å². The van der Waals surface area contributed by atoms with E-state index in [0.717, 1.165) is 0 Å². The van der Waals surface area contributed by atoms with E-state index in [4.69, 9.17) is 21.6 Å². The SMILES string of the molecule is CC(C)C(C)Oc1ccc(C#N)c(Cl)c1. The van der Waals surface area contributed by atoms with Gasteiger partial charge in [-0.15, -0.1) is 0 Å². The van der Waals surface area contributed by atoms with E-state index >= 15 is 0 Å². The maximum Gasteiger partial charge on any atom is 0.121 e. The van der Waals surface area contributed by atoms with E-state index in [-0.39, 0.29) is 6.10 Å². The molecule has 1 atom stereocenters. The molecular weight excluding hydrogens is 210 g/mol. The summed E-state index contributed by atoms with van der Waals surface area (Å²) in [5.41, 5.74) is 0.473. The van der Waals surface area contributed by atoms with E-state index in [2.05, 4.69) is 13.8 Å². The molecule has 1 aromatic carbocycles. The molecule has 0 aliphatic heterocycles. The monoisotopic (exact) mass is 223 g/mol. The van der Waals surface area contributed by atoms with Crippen LogP contribution in [0.5, 0.6) is 5.75 Å². The highest BCUT2D eigenvalue weighted by Crippen LogP contribution is 2.23. The van der Waals surface area contributed by atoms with Gasteiger partial charge in [-0.1, -0.05) is 25.4 Å². The van der Waals surface area contributed by atoms with E-state index in [1.165, 1.54) is 0 Å². The number of hydrogen-bond donors (Lipinski definition) is 0. The van der Waals surface area contributed by atoms with Crippen LogP contribution in [0.2, 0.25) is 5.02 Å². The van der Waals surface area contributed by atoms with Crippen LogP contribution in [0.1, 0.15) is 26.3 Å². The van der Waals surface area contributed by atoms with Crippen molar-refractivity contribution in [2.45, 2.75) is 26.9 Å². The summed E-state index contributed by atoms with van der Waals surface area (Å²) in [6.07, 6.45) is 0.133. The molecule has 1 unspecified atom stereocenters. The van der Waals surface area contributed by atoms with Gasteiger partial charge in [-0.2, -0.15) is 5.26 Å². The molecule has 0 aliphatic rings. The fourth-order valence-electron chi connectivity index (χ4n) is 1.01. The van der Waals surface area contributed by atoms with Gasteiger partial charge in [0.05, 0.1) is 16.7 Å². The average molecular weight is 224 g/mol. The van der Waals surface area contributed by atoms with Crippen LogP contribution in [0, 0.1) is 17.2 Å². The lowest BCUT2D eigenvalue weighted by Gasteiger charge is -2.18. The number of benzene rings is 1. The first-order valence-electron chi connectivity index (χ1n) is 4.91. The topological polar surface area (TPSA) is 33.0 Å². The highest BCUT2D eigenvalue weighted by atomic mass is 35.5. The number of halogens is 1. The number of rotatable bonds is 3. The number of nitriles is 1. The summed E-state index contributed by atoms with van der Waals surface area (Å²) in [5.74, 6) is 1.15. The zero-order valence-electron chi connectivity index (χ0n) is 9.12. The molecule has 0 bridgehead atoms. The first-order chi connectivity index (χ1) is 7.04. The van der Waals surface area contributed by atoms with Gasteiger partial charge in [0.1, 0.15) is 11.8 Å². The third-order valence-electron chi connectivity index (χ3n) is 2.32. The molecule has 0 aliphatic carbocycles. The fraction of sp³-hybridized carbons (Fsp3) is 0.417. The van der Waals surface area contributed by atoms with Crippen LogP contribution in [-0.2, 0) is 0 Å². The molecule has 2 nitrogen and oxygen atoms in total. The van der Waals surface area contributed by atoms with E-state index in [1.807, 2.05) is 13.0 Å². The Kier molecular flexibility index (Phi) is 3.99. The second-order valence-electron chi connectivity index (χ2n) is 3.82. The van der Waals surface area contributed by atoms with Crippen molar-refractivity contribution in [1.29, 1.82) is 5.26 Å². The molecule has 3 heteroatoms. The summed E-state index contributed by atoms with van der Waals surface area (Å²) in [4.78, 5) is 0. The summed E-state index contributed by atoms with van der Waals surface area (Å²) in [6.45, 7) is 6.20. The normalized spacial score (nSPS) is 12.3. The Bertz CT molecular complexity index is 382. The van der Waals surface area contributed by atoms with Crippen LogP contribution in [0.3, 0.4) is 0 Å². The maximum atomic E-state index is 8.70. The number of hydrogen-bond acceptors (Lipinski definition) is 2. The predicted molar refractivity (Wildman–Crippen MR) is 61.1 cm³/mol.